The Morgan fingerprint density at radius 3 is 2.48 bits per heavy atom. The summed E-state index contributed by atoms with van der Waals surface area (Å²) in [5.41, 5.74) is -4.48. The third-order valence-corrected chi connectivity index (χ3v) is 4.08. The molecule has 2 aromatic heterocycles. The zero-order valence-electron chi connectivity index (χ0n) is 11.9. The second kappa shape index (κ2) is 5.78. The molecular formula is C14H6Cl2F3N3O3. The molecule has 130 valence electrons. The molecule has 0 atom stereocenters. The molecule has 0 saturated carbocycles. The van der Waals surface area contributed by atoms with Crippen molar-refractivity contribution in [3.05, 3.63) is 56.1 Å². The molecule has 0 aliphatic carbocycles. The van der Waals surface area contributed by atoms with E-state index in [1.165, 1.54) is 18.2 Å². The van der Waals surface area contributed by atoms with Crippen molar-refractivity contribution in [2.45, 2.75) is 6.18 Å². The van der Waals surface area contributed by atoms with Crippen molar-refractivity contribution in [1.29, 1.82) is 0 Å². The number of alkyl halides is 3. The fraction of sp³-hybridized carbons (Fsp3) is 0.0714. The summed E-state index contributed by atoms with van der Waals surface area (Å²) in [5.74, 6) is -1.90. The smallest absolute Gasteiger partial charge is 0.421 e. The normalized spacial score (nSPS) is 11.9. The zero-order chi connectivity index (χ0) is 18.5. The number of H-pyrrole nitrogens is 1. The van der Waals surface area contributed by atoms with Crippen LogP contribution in [0.5, 0.6) is 0 Å². The number of nitrogens with one attached hydrogen (secondary N) is 1. The van der Waals surface area contributed by atoms with Crippen LogP contribution in [0.4, 0.5) is 13.2 Å². The van der Waals surface area contributed by atoms with Crippen LogP contribution in [0.25, 0.3) is 16.8 Å². The molecule has 0 spiro atoms. The van der Waals surface area contributed by atoms with Crippen molar-refractivity contribution in [2.75, 3.05) is 0 Å². The molecule has 0 aliphatic rings. The van der Waals surface area contributed by atoms with Gasteiger partial charge in [-0.25, -0.2) is 9.31 Å². The summed E-state index contributed by atoms with van der Waals surface area (Å²) >= 11 is 11.7. The van der Waals surface area contributed by atoms with Crippen molar-refractivity contribution < 1.29 is 23.1 Å². The number of halogens is 5. The topological polar surface area (TPSA) is 87.5 Å². The summed E-state index contributed by atoms with van der Waals surface area (Å²) < 4.78 is 40.1. The maximum atomic E-state index is 13.2. The highest BCUT2D eigenvalue weighted by Gasteiger charge is 2.41. The van der Waals surface area contributed by atoms with Crippen molar-refractivity contribution in [1.82, 2.24) is 14.6 Å². The number of carboxylic acids is 1. The maximum absolute atomic E-state index is 13.2. The van der Waals surface area contributed by atoms with E-state index < -0.39 is 34.5 Å². The molecule has 2 N–H and O–H groups in total. The first-order valence-electron chi connectivity index (χ1n) is 6.51. The fourth-order valence-corrected chi connectivity index (χ4v) is 2.61. The van der Waals surface area contributed by atoms with Crippen LogP contribution in [0.1, 0.15) is 16.1 Å². The van der Waals surface area contributed by atoms with Gasteiger partial charge in [0.25, 0.3) is 5.56 Å². The summed E-state index contributed by atoms with van der Waals surface area (Å²) in [5, 5.41) is 12.8. The van der Waals surface area contributed by atoms with Crippen LogP contribution in [-0.4, -0.2) is 25.7 Å². The van der Waals surface area contributed by atoms with Crippen molar-refractivity contribution in [3.63, 3.8) is 0 Å². The molecule has 0 unspecified atom stereocenters. The molecule has 3 rings (SSSR count). The summed E-state index contributed by atoms with van der Waals surface area (Å²) in [6.45, 7) is 0. The molecule has 6 nitrogen and oxygen atoms in total. The van der Waals surface area contributed by atoms with E-state index in [0.717, 1.165) is 6.20 Å². The first kappa shape index (κ1) is 17.3. The second-order valence-electron chi connectivity index (χ2n) is 4.95. The van der Waals surface area contributed by atoms with Gasteiger partial charge in [-0.05, 0) is 12.1 Å². The largest absolute Gasteiger partial charge is 0.476 e. The molecule has 2 heterocycles. The lowest BCUT2D eigenvalue weighted by Crippen LogP contribution is -2.17. The molecule has 0 fully saturated rings. The summed E-state index contributed by atoms with van der Waals surface area (Å²) in [7, 11) is 0. The number of hydrogen-bond donors (Lipinski definition) is 2. The number of rotatable bonds is 2. The quantitative estimate of drug-likeness (QED) is 0.696. The number of carbonyl (C=O) groups is 1. The van der Waals surface area contributed by atoms with Gasteiger partial charge in [0.15, 0.2) is 5.69 Å². The Balaban J connectivity index is 2.33. The first-order valence-corrected chi connectivity index (χ1v) is 7.26. The predicted octanol–water partition coefficient (Wildman–Crippen LogP) is 3.71. The van der Waals surface area contributed by atoms with Crippen LogP contribution in [0, 0.1) is 0 Å². The van der Waals surface area contributed by atoms with Crippen LogP contribution in [0.15, 0.2) is 29.2 Å². The van der Waals surface area contributed by atoms with Gasteiger partial charge in [-0.2, -0.15) is 18.3 Å². The minimum absolute atomic E-state index is 0.0872. The molecule has 0 radical (unpaired) electrons. The van der Waals surface area contributed by atoms with E-state index in [1.807, 2.05) is 0 Å². The number of benzene rings is 1. The third-order valence-electron chi connectivity index (χ3n) is 3.34. The van der Waals surface area contributed by atoms with Crippen LogP contribution in [0.2, 0.25) is 10.0 Å². The predicted molar refractivity (Wildman–Crippen MR) is 83.2 cm³/mol. The zero-order valence-corrected chi connectivity index (χ0v) is 13.4. The van der Waals surface area contributed by atoms with Crippen molar-refractivity contribution in [2.24, 2.45) is 0 Å². The number of hydrogen-bond acceptors (Lipinski definition) is 3. The number of nitrogens with zero attached hydrogens (tertiary/aromatic N) is 2. The van der Waals surface area contributed by atoms with Gasteiger partial charge < -0.3 is 10.1 Å². The number of aromatic amines is 1. The lowest BCUT2D eigenvalue weighted by atomic mass is 10.1. The highest BCUT2D eigenvalue weighted by Crippen LogP contribution is 2.34. The van der Waals surface area contributed by atoms with Crippen molar-refractivity contribution >= 4 is 34.7 Å². The fourth-order valence-electron chi connectivity index (χ4n) is 2.31. The Kier molecular flexibility index (Phi) is 4.00. The van der Waals surface area contributed by atoms with Crippen LogP contribution >= 0.6 is 23.2 Å². The van der Waals surface area contributed by atoms with Crippen molar-refractivity contribution in [3.8, 4) is 11.3 Å². The van der Waals surface area contributed by atoms with E-state index in [-0.39, 0.29) is 15.7 Å². The van der Waals surface area contributed by atoms with E-state index in [1.54, 1.807) is 0 Å². The van der Waals surface area contributed by atoms with E-state index in [2.05, 4.69) is 10.1 Å². The number of aromatic nitrogens is 3. The highest BCUT2D eigenvalue weighted by atomic mass is 35.5. The standard InChI is InChI=1S/C14H6Cl2F3N3O3/c15-6-2-1-5(3-7(6)16)8-4-22-11(12(23)20-8)9(14(17,18)19)10(21-22)13(24)25/h1-4H,(H,20,23)(H,24,25). The average Bonchev–Trinajstić information content (AvgIpc) is 2.90. The number of aromatic carboxylic acids is 1. The molecule has 0 saturated heterocycles. The Morgan fingerprint density at radius 2 is 1.92 bits per heavy atom. The Labute approximate surface area is 146 Å². The average molecular weight is 392 g/mol. The van der Waals surface area contributed by atoms with Gasteiger partial charge in [-0.1, -0.05) is 29.3 Å². The summed E-state index contributed by atoms with van der Waals surface area (Å²) in [6.07, 6.45) is -3.99. The molecule has 11 heteroatoms. The van der Waals surface area contributed by atoms with Gasteiger partial charge in [-0.3, -0.25) is 4.79 Å². The van der Waals surface area contributed by atoms with E-state index in [9.17, 15) is 22.8 Å². The Morgan fingerprint density at radius 1 is 1.24 bits per heavy atom. The minimum Gasteiger partial charge on any atom is -0.476 e. The van der Waals surface area contributed by atoms with Crippen LogP contribution in [0.3, 0.4) is 0 Å². The highest BCUT2D eigenvalue weighted by molar-refractivity contribution is 6.42. The molecular weight excluding hydrogens is 386 g/mol. The Hall–Kier alpha value is -2.52. The number of fused-ring (bicyclic) bond motifs is 1. The van der Waals surface area contributed by atoms with Gasteiger partial charge in [0.1, 0.15) is 11.1 Å². The molecule has 1 aromatic carbocycles. The second-order valence-corrected chi connectivity index (χ2v) is 5.76. The number of carboxylic acid groups (broad SMARTS) is 1. The summed E-state index contributed by atoms with van der Waals surface area (Å²) in [6, 6.07) is 4.32. The SMILES string of the molecule is O=C(O)c1nn2cc(-c3ccc(Cl)c(Cl)c3)[nH]c(=O)c2c1C(F)(F)F. The van der Waals surface area contributed by atoms with E-state index >= 15 is 0 Å². The molecule has 0 bridgehead atoms. The van der Waals surface area contributed by atoms with Gasteiger partial charge in [-0.15, -0.1) is 0 Å². The molecule has 0 amide bonds. The monoisotopic (exact) mass is 391 g/mol. The lowest BCUT2D eigenvalue weighted by Gasteiger charge is -2.06. The van der Waals surface area contributed by atoms with Gasteiger partial charge >= 0.3 is 12.1 Å². The first-order chi connectivity index (χ1) is 11.6. The van der Waals surface area contributed by atoms with Crippen LogP contribution in [-0.2, 0) is 6.18 Å². The van der Waals surface area contributed by atoms with Gasteiger partial charge in [0, 0.05) is 5.56 Å². The third kappa shape index (κ3) is 2.96. The van der Waals surface area contributed by atoms with Gasteiger partial charge in [0.05, 0.1) is 21.9 Å². The lowest BCUT2D eigenvalue weighted by molar-refractivity contribution is -0.136. The van der Waals surface area contributed by atoms with E-state index in [0.29, 0.717) is 10.1 Å². The van der Waals surface area contributed by atoms with Crippen LogP contribution < -0.4 is 5.56 Å². The van der Waals surface area contributed by atoms with E-state index in [4.69, 9.17) is 28.3 Å². The minimum atomic E-state index is -5.06. The molecule has 25 heavy (non-hydrogen) atoms. The molecule has 0 aliphatic heterocycles. The maximum Gasteiger partial charge on any atom is 0.421 e. The summed E-state index contributed by atoms with van der Waals surface area (Å²) in [4.78, 5) is 25.5. The Bertz CT molecular complexity index is 1070. The van der Waals surface area contributed by atoms with Gasteiger partial charge in [0.2, 0.25) is 0 Å². The molecule has 3 aromatic rings.